The third kappa shape index (κ3) is 4.01. The third-order valence-electron chi connectivity index (χ3n) is 3.69. The van der Waals surface area contributed by atoms with Crippen molar-refractivity contribution in [2.45, 2.75) is 39.8 Å². The molecule has 1 aromatic rings. The van der Waals surface area contributed by atoms with Crippen LogP contribution in [0.25, 0.3) is 0 Å². The Morgan fingerprint density at radius 3 is 2.43 bits per heavy atom. The molecule has 0 aliphatic heterocycles. The van der Waals surface area contributed by atoms with Crippen LogP contribution in [0.1, 0.15) is 39.3 Å². The van der Waals surface area contributed by atoms with Crippen LogP contribution in [0.5, 0.6) is 0 Å². The lowest BCUT2D eigenvalue weighted by molar-refractivity contribution is -0.384. The fourth-order valence-corrected chi connectivity index (χ4v) is 1.90. The second-order valence-electron chi connectivity index (χ2n) is 6.32. The van der Waals surface area contributed by atoms with E-state index in [1.807, 2.05) is 27.7 Å². The van der Waals surface area contributed by atoms with Crippen LogP contribution in [0.3, 0.4) is 0 Å². The van der Waals surface area contributed by atoms with Gasteiger partial charge in [0.05, 0.1) is 17.0 Å². The molecule has 0 bridgehead atoms. The first-order valence-electron chi connectivity index (χ1n) is 6.82. The average molecular weight is 293 g/mol. The minimum absolute atomic E-state index is 0.0142. The molecule has 1 unspecified atom stereocenters. The van der Waals surface area contributed by atoms with Crippen molar-refractivity contribution in [2.75, 3.05) is 7.05 Å². The zero-order valence-electron chi connectivity index (χ0n) is 13.2. The number of hydrogen-bond acceptors (Lipinski definition) is 4. The summed E-state index contributed by atoms with van der Waals surface area (Å²) in [5.74, 6) is -0.179. The summed E-state index contributed by atoms with van der Waals surface area (Å²) in [4.78, 5) is 24.3. The number of benzene rings is 1. The van der Waals surface area contributed by atoms with Gasteiger partial charge in [-0.15, -0.1) is 0 Å². The molecule has 0 spiro atoms. The van der Waals surface area contributed by atoms with Crippen molar-refractivity contribution in [3.05, 3.63) is 39.9 Å². The van der Waals surface area contributed by atoms with Gasteiger partial charge in [-0.25, -0.2) is 0 Å². The molecule has 0 radical (unpaired) electrons. The van der Waals surface area contributed by atoms with Crippen molar-refractivity contribution in [1.82, 2.24) is 4.90 Å². The van der Waals surface area contributed by atoms with Crippen LogP contribution >= 0.6 is 0 Å². The van der Waals surface area contributed by atoms with Gasteiger partial charge in [0.15, 0.2) is 0 Å². The summed E-state index contributed by atoms with van der Waals surface area (Å²) in [6.45, 7) is 7.54. The van der Waals surface area contributed by atoms with Gasteiger partial charge in [-0.1, -0.05) is 32.9 Å². The highest BCUT2D eigenvalue weighted by molar-refractivity contribution is 5.82. The molecule has 0 aliphatic rings. The van der Waals surface area contributed by atoms with Gasteiger partial charge in [0.2, 0.25) is 5.91 Å². The van der Waals surface area contributed by atoms with Crippen molar-refractivity contribution in [3.63, 3.8) is 0 Å². The van der Waals surface area contributed by atoms with Crippen LogP contribution in [0.4, 0.5) is 5.69 Å². The van der Waals surface area contributed by atoms with E-state index in [1.54, 1.807) is 19.2 Å². The van der Waals surface area contributed by atoms with Gasteiger partial charge in [-0.2, -0.15) is 0 Å². The Morgan fingerprint density at radius 2 is 1.95 bits per heavy atom. The maximum Gasteiger partial charge on any atom is 0.269 e. The van der Waals surface area contributed by atoms with Crippen molar-refractivity contribution >= 4 is 11.6 Å². The molecule has 0 saturated heterocycles. The fourth-order valence-electron chi connectivity index (χ4n) is 1.90. The maximum absolute atomic E-state index is 12.4. The Hall–Kier alpha value is -1.95. The average Bonchev–Trinajstić information content (AvgIpc) is 2.43. The van der Waals surface area contributed by atoms with Gasteiger partial charge in [0.25, 0.3) is 5.69 Å². The molecule has 21 heavy (non-hydrogen) atoms. The van der Waals surface area contributed by atoms with E-state index in [1.165, 1.54) is 17.0 Å². The monoisotopic (exact) mass is 293 g/mol. The van der Waals surface area contributed by atoms with Crippen molar-refractivity contribution in [1.29, 1.82) is 0 Å². The molecule has 2 atom stereocenters. The lowest BCUT2D eigenvalue weighted by Crippen LogP contribution is -2.49. The zero-order valence-corrected chi connectivity index (χ0v) is 13.2. The molecule has 2 N–H and O–H groups in total. The highest BCUT2D eigenvalue weighted by Crippen LogP contribution is 2.26. The highest BCUT2D eigenvalue weighted by atomic mass is 16.6. The van der Waals surface area contributed by atoms with Crippen molar-refractivity contribution in [2.24, 2.45) is 11.1 Å². The van der Waals surface area contributed by atoms with Crippen LogP contribution < -0.4 is 5.73 Å². The van der Waals surface area contributed by atoms with Gasteiger partial charge in [-0.05, 0) is 17.9 Å². The maximum atomic E-state index is 12.4. The molecular weight excluding hydrogens is 270 g/mol. The van der Waals surface area contributed by atoms with E-state index in [9.17, 15) is 14.9 Å². The smallest absolute Gasteiger partial charge is 0.269 e. The van der Waals surface area contributed by atoms with E-state index >= 15 is 0 Å². The molecule has 6 nitrogen and oxygen atoms in total. The molecule has 6 heteroatoms. The first kappa shape index (κ1) is 17.1. The largest absolute Gasteiger partial charge is 0.338 e. The predicted octanol–water partition coefficient (Wildman–Crippen LogP) is 2.49. The Kier molecular flexibility index (Phi) is 5.06. The number of nitrogens with two attached hydrogens (primary N) is 1. The highest BCUT2D eigenvalue weighted by Gasteiger charge is 2.31. The van der Waals surface area contributed by atoms with E-state index in [0.29, 0.717) is 5.56 Å². The summed E-state index contributed by atoms with van der Waals surface area (Å²) in [5.41, 5.74) is 6.37. The first-order valence-corrected chi connectivity index (χ1v) is 6.82. The zero-order chi connectivity index (χ0) is 16.4. The van der Waals surface area contributed by atoms with E-state index in [-0.39, 0.29) is 23.1 Å². The molecule has 0 aliphatic carbocycles. The number of amides is 1. The Bertz CT molecular complexity index is 537. The minimum Gasteiger partial charge on any atom is -0.338 e. The van der Waals surface area contributed by atoms with Crippen LogP contribution in [0.15, 0.2) is 24.3 Å². The normalized spacial score (nSPS) is 14.4. The van der Waals surface area contributed by atoms with Gasteiger partial charge in [0.1, 0.15) is 0 Å². The van der Waals surface area contributed by atoms with Crippen LogP contribution in [0.2, 0.25) is 0 Å². The standard InChI is InChI=1S/C15H23N3O3/c1-10(11-7-6-8-12(9-11)18(20)21)17(5)14(19)13(16)15(2,3)4/h6-10,13H,16H2,1-5H3/t10?,13-/m0/s1. The summed E-state index contributed by atoms with van der Waals surface area (Å²) in [7, 11) is 1.66. The quantitative estimate of drug-likeness (QED) is 0.682. The number of likely N-dealkylation sites (N-methyl/N-ethyl adjacent to an activating group) is 1. The number of rotatable bonds is 4. The topological polar surface area (TPSA) is 89.5 Å². The number of nitrogens with zero attached hydrogens (tertiary/aromatic N) is 2. The van der Waals surface area contributed by atoms with Gasteiger partial charge in [-0.3, -0.25) is 14.9 Å². The van der Waals surface area contributed by atoms with Crippen molar-refractivity contribution < 1.29 is 9.72 Å². The SMILES string of the molecule is CC(c1cccc([N+](=O)[O-])c1)N(C)C(=O)[C@H](N)C(C)(C)C. The fraction of sp³-hybridized carbons (Fsp3) is 0.533. The third-order valence-corrected chi connectivity index (χ3v) is 3.69. The number of nitro benzene ring substituents is 1. The molecule has 1 aromatic carbocycles. The second kappa shape index (κ2) is 6.22. The molecule has 0 heterocycles. The molecule has 116 valence electrons. The number of hydrogen-bond donors (Lipinski definition) is 1. The van der Waals surface area contributed by atoms with E-state index in [4.69, 9.17) is 5.73 Å². The number of nitro groups is 1. The van der Waals surface area contributed by atoms with Gasteiger partial charge < -0.3 is 10.6 Å². The van der Waals surface area contributed by atoms with Crippen molar-refractivity contribution in [3.8, 4) is 0 Å². The van der Waals surface area contributed by atoms with Crippen LogP contribution in [0, 0.1) is 15.5 Å². The van der Waals surface area contributed by atoms with Crippen LogP contribution in [-0.4, -0.2) is 28.8 Å². The number of carbonyl (C=O) groups is 1. The van der Waals surface area contributed by atoms with Gasteiger partial charge in [0, 0.05) is 19.2 Å². The Balaban J connectivity index is 2.97. The lowest BCUT2D eigenvalue weighted by Gasteiger charge is -2.33. The van der Waals surface area contributed by atoms with Gasteiger partial charge >= 0.3 is 0 Å². The summed E-state index contributed by atoms with van der Waals surface area (Å²) in [6, 6.07) is 5.39. The molecule has 1 rings (SSSR count). The summed E-state index contributed by atoms with van der Waals surface area (Å²) in [6.07, 6.45) is 0. The van der Waals surface area contributed by atoms with E-state index in [2.05, 4.69) is 0 Å². The predicted molar refractivity (Wildman–Crippen MR) is 81.7 cm³/mol. The summed E-state index contributed by atoms with van der Waals surface area (Å²) in [5, 5.41) is 10.8. The molecule has 0 saturated carbocycles. The first-order chi connectivity index (χ1) is 9.55. The number of carbonyl (C=O) groups excluding carboxylic acids is 1. The minimum atomic E-state index is -0.622. The molecule has 0 fully saturated rings. The van der Waals surface area contributed by atoms with E-state index < -0.39 is 11.0 Å². The molecular formula is C15H23N3O3. The van der Waals surface area contributed by atoms with E-state index in [0.717, 1.165) is 0 Å². The second-order valence-corrected chi connectivity index (χ2v) is 6.32. The summed E-state index contributed by atoms with van der Waals surface area (Å²) >= 11 is 0. The number of non-ortho nitro benzene ring substituents is 1. The summed E-state index contributed by atoms with van der Waals surface area (Å²) < 4.78 is 0. The lowest BCUT2D eigenvalue weighted by atomic mass is 9.86. The Morgan fingerprint density at radius 1 is 1.38 bits per heavy atom. The molecule has 0 aromatic heterocycles. The molecule has 1 amide bonds. The van der Waals surface area contributed by atoms with Crippen LogP contribution in [-0.2, 0) is 4.79 Å². The Labute approximate surface area is 125 Å².